The Balaban J connectivity index is 1.89. The molecule has 0 aromatic carbocycles. The summed E-state index contributed by atoms with van der Waals surface area (Å²) in [6, 6.07) is 0.810. The molecule has 0 amide bonds. The van der Waals surface area contributed by atoms with E-state index in [2.05, 4.69) is 18.7 Å². The van der Waals surface area contributed by atoms with Crippen LogP contribution in [0.5, 0.6) is 0 Å². The highest BCUT2D eigenvalue weighted by Crippen LogP contribution is 2.41. The molecule has 1 aliphatic heterocycles. The molecule has 1 saturated carbocycles. The predicted octanol–water partition coefficient (Wildman–Crippen LogP) is 2.63. The molecule has 2 fully saturated rings. The fourth-order valence-corrected chi connectivity index (χ4v) is 3.69. The van der Waals surface area contributed by atoms with Crippen molar-refractivity contribution < 1.29 is 0 Å². The highest BCUT2D eigenvalue weighted by Gasteiger charge is 2.44. The van der Waals surface area contributed by atoms with Crippen LogP contribution in [0.3, 0.4) is 0 Å². The van der Waals surface area contributed by atoms with Gasteiger partial charge < -0.3 is 5.73 Å². The largest absolute Gasteiger partial charge is 0.330 e. The predicted molar refractivity (Wildman–Crippen MR) is 69.4 cm³/mol. The first-order chi connectivity index (χ1) is 7.74. The van der Waals surface area contributed by atoms with Gasteiger partial charge in [-0.3, -0.25) is 4.90 Å². The second-order valence-electron chi connectivity index (χ2n) is 5.96. The van der Waals surface area contributed by atoms with E-state index < -0.39 is 0 Å². The average molecular weight is 224 g/mol. The van der Waals surface area contributed by atoms with Gasteiger partial charge in [-0.05, 0) is 43.6 Å². The number of likely N-dealkylation sites (tertiary alicyclic amines) is 1. The molecule has 0 spiro atoms. The van der Waals surface area contributed by atoms with Crippen molar-refractivity contribution in [1.82, 2.24) is 4.90 Å². The van der Waals surface area contributed by atoms with Gasteiger partial charge >= 0.3 is 0 Å². The fourth-order valence-electron chi connectivity index (χ4n) is 3.69. The molecule has 2 aliphatic rings. The van der Waals surface area contributed by atoms with Crippen molar-refractivity contribution in [1.29, 1.82) is 0 Å². The molecule has 16 heavy (non-hydrogen) atoms. The molecule has 1 aliphatic carbocycles. The number of nitrogens with zero attached hydrogens (tertiary/aromatic N) is 1. The van der Waals surface area contributed by atoms with Gasteiger partial charge in [-0.25, -0.2) is 0 Å². The van der Waals surface area contributed by atoms with Gasteiger partial charge in [-0.15, -0.1) is 0 Å². The van der Waals surface area contributed by atoms with E-state index in [1.165, 1.54) is 51.6 Å². The third-order valence-electron chi connectivity index (χ3n) is 5.22. The zero-order chi connectivity index (χ0) is 11.6. The maximum absolute atomic E-state index is 5.92. The number of hydrogen-bond acceptors (Lipinski definition) is 2. The molecule has 1 saturated heterocycles. The molecule has 0 aromatic rings. The van der Waals surface area contributed by atoms with E-state index >= 15 is 0 Å². The highest BCUT2D eigenvalue weighted by molar-refractivity contribution is 4.98. The minimum Gasteiger partial charge on any atom is -0.330 e. The summed E-state index contributed by atoms with van der Waals surface area (Å²) >= 11 is 0. The molecular weight excluding hydrogens is 196 g/mol. The zero-order valence-electron chi connectivity index (χ0n) is 11.0. The first-order valence-corrected chi connectivity index (χ1v) is 7.19. The number of nitrogens with two attached hydrogens (primary N) is 1. The molecule has 94 valence electrons. The van der Waals surface area contributed by atoms with Crippen LogP contribution < -0.4 is 5.73 Å². The van der Waals surface area contributed by atoms with Gasteiger partial charge in [0.05, 0.1) is 0 Å². The van der Waals surface area contributed by atoms with Crippen molar-refractivity contribution in [2.24, 2.45) is 17.1 Å². The molecule has 1 heterocycles. The third-order valence-corrected chi connectivity index (χ3v) is 5.22. The van der Waals surface area contributed by atoms with Crippen LogP contribution in [-0.2, 0) is 0 Å². The maximum atomic E-state index is 5.92. The number of hydrogen-bond donors (Lipinski definition) is 1. The van der Waals surface area contributed by atoms with E-state index in [1.807, 2.05) is 0 Å². The third kappa shape index (κ3) is 2.14. The Kier molecular flexibility index (Phi) is 3.91. The Hall–Kier alpha value is -0.0800. The fraction of sp³-hybridized carbons (Fsp3) is 1.00. The second kappa shape index (κ2) is 5.05. The van der Waals surface area contributed by atoms with Gasteiger partial charge in [0, 0.05) is 19.1 Å². The summed E-state index contributed by atoms with van der Waals surface area (Å²) in [5, 5.41) is 0. The Labute approximate surface area is 101 Å². The van der Waals surface area contributed by atoms with Gasteiger partial charge in [-0.1, -0.05) is 26.7 Å². The molecule has 0 bridgehead atoms. The lowest BCUT2D eigenvalue weighted by Crippen LogP contribution is -2.62. The molecule has 2 unspecified atom stereocenters. The van der Waals surface area contributed by atoms with E-state index in [-0.39, 0.29) is 0 Å². The Bertz CT molecular complexity index is 215. The minimum absolute atomic E-state index is 0.649. The van der Waals surface area contributed by atoms with Crippen LogP contribution in [-0.4, -0.2) is 30.6 Å². The molecule has 2 N–H and O–H groups in total. The van der Waals surface area contributed by atoms with E-state index in [4.69, 9.17) is 5.73 Å². The van der Waals surface area contributed by atoms with Crippen LogP contribution in [0.4, 0.5) is 0 Å². The van der Waals surface area contributed by atoms with Gasteiger partial charge in [-0.2, -0.15) is 0 Å². The van der Waals surface area contributed by atoms with E-state index in [1.54, 1.807) is 0 Å². The van der Waals surface area contributed by atoms with Crippen LogP contribution >= 0.6 is 0 Å². The van der Waals surface area contributed by atoms with Gasteiger partial charge in [0.25, 0.3) is 0 Å². The monoisotopic (exact) mass is 224 g/mol. The van der Waals surface area contributed by atoms with Crippen LogP contribution in [0.2, 0.25) is 0 Å². The summed E-state index contributed by atoms with van der Waals surface area (Å²) in [7, 11) is 0. The zero-order valence-corrected chi connectivity index (χ0v) is 11.0. The minimum atomic E-state index is 0.649. The van der Waals surface area contributed by atoms with E-state index in [0.29, 0.717) is 5.41 Å². The number of rotatable bonds is 4. The summed E-state index contributed by atoms with van der Waals surface area (Å²) in [6.07, 6.45) is 8.27. The molecule has 2 rings (SSSR count). The van der Waals surface area contributed by atoms with Crippen molar-refractivity contribution in [3.8, 4) is 0 Å². The summed E-state index contributed by atoms with van der Waals surface area (Å²) < 4.78 is 0. The van der Waals surface area contributed by atoms with Gasteiger partial charge in [0.2, 0.25) is 0 Å². The van der Waals surface area contributed by atoms with E-state index in [0.717, 1.165) is 18.5 Å². The standard InChI is InChI=1S/C14H28N2/c1-3-14(4-2)10-16(11-14)13-8-6-5-7-12(13)9-15/h12-13H,3-11,15H2,1-2H3. The summed E-state index contributed by atoms with van der Waals surface area (Å²) in [5.41, 5.74) is 6.57. The van der Waals surface area contributed by atoms with Gasteiger partial charge in [0.15, 0.2) is 0 Å². The Morgan fingerprint density at radius 3 is 2.31 bits per heavy atom. The summed E-state index contributed by atoms with van der Waals surface area (Å²) in [6.45, 7) is 8.26. The smallest absolute Gasteiger partial charge is 0.0136 e. The summed E-state index contributed by atoms with van der Waals surface area (Å²) in [5.74, 6) is 0.778. The molecule has 0 radical (unpaired) electrons. The highest BCUT2D eigenvalue weighted by atomic mass is 15.2. The first kappa shape index (κ1) is 12.4. The lowest BCUT2D eigenvalue weighted by atomic mass is 9.71. The molecule has 2 atom stereocenters. The molecule has 2 heteroatoms. The van der Waals surface area contributed by atoms with Crippen LogP contribution in [0.15, 0.2) is 0 Å². The van der Waals surface area contributed by atoms with Crippen LogP contribution in [0, 0.1) is 11.3 Å². The van der Waals surface area contributed by atoms with Crippen molar-refractivity contribution >= 4 is 0 Å². The normalized spacial score (nSPS) is 34.7. The van der Waals surface area contributed by atoms with Crippen molar-refractivity contribution in [2.45, 2.75) is 58.4 Å². The van der Waals surface area contributed by atoms with Crippen molar-refractivity contribution in [3.63, 3.8) is 0 Å². The van der Waals surface area contributed by atoms with E-state index in [9.17, 15) is 0 Å². The van der Waals surface area contributed by atoms with Crippen LogP contribution in [0.25, 0.3) is 0 Å². The summed E-state index contributed by atoms with van der Waals surface area (Å²) in [4.78, 5) is 2.73. The Morgan fingerprint density at radius 1 is 1.12 bits per heavy atom. The lowest BCUT2D eigenvalue weighted by molar-refractivity contribution is -0.0617. The topological polar surface area (TPSA) is 29.3 Å². The van der Waals surface area contributed by atoms with Gasteiger partial charge in [0.1, 0.15) is 0 Å². The first-order valence-electron chi connectivity index (χ1n) is 7.19. The van der Waals surface area contributed by atoms with Crippen LogP contribution in [0.1, 0.15) is 52.4 Å². The SMILES string of the molecule is CCC1(CC)CN(C2CCCCC2CN)C1. The quantitative estimate of drug-likeness (QED) is 0.795. The Morgan fingerprint density at radius 2 is 1.75 bits per heavy atom. The maximum Gasteiger partial charge on any atom is 0.0136 e. The average Bonchev–Trinajstić information content (AvgIpc) is 2.29. The second-order valence-corrected chi connectivity index (χ2v) is 5.96. The molecule has 0 aromatic heterocycles. The van der Waals surface area contributed by atoms with Crippen molar-refractivity contribution in [2.75, 3.05) is 19.6 Å². The molecule has 2 nitrogen and oxygen atoms in total. The van der Waals surface area contributed by atoms with Crippen molar-refractivity contribution in [3.05, 3.63) is 0 Å². The molecular formula is C14H28N2. The lowest BCUT2D eigenvalue weighted by Gasteiger charge is -2.55.